The molecule has 0 aliphatic rings. The number of carboxylic acid groups (broad SMARTS) is 1. The highest BCUT2D eigenvalue weighted by atomic mass is 35.5. The number of hydrogen-bond donors (Lipinski definition) is 2. The van der Waals surface area contributed by atoms with Crippen LogP contribution in [0.5, 0.6) is 5.75 Å². The maximum absolute atomic E-state index is 11.7. The van der Waals surface area contributed by atoms with Crippen LogP contribution in [0.2, 0.25) is 10.0 Å². The molecule has 2 aromatic carbocycles. The van der Waals surface area contributed by atoms with E-state index in [2.05, 4.69) is 10.5 Å². The zero-order valence-electron chi connectivity index (χ0n) is 18.7. The predicted molar refractivity (Wildman–Crippen MR) is 131 cm³/mol. The van der Waals surface area contributed by atoms with Gasteiger partial charge in [-0.05, 0) is 35.9 Å². The van der Waals surface area contributed by atoms with E-state index in [1.54, 1.807) is 48.5 Å². The number of carbonyl (C=O) groups excluding carboxylic acids is 1. The Hall–Kier alpha value is -3.29. The van der Waals surface area contributed by atoms with E-state index in [1.165, 1.54) is 6.08 Å². The van der Waals surface area contributed by atoms with Gasteiger partial charge in [0, 0.05) is 24.1 Å². The lowest BCUT2D eigenvalue weighted by Crippen LogP contribution is -2.23. The molecule has 2 N–H and O–H groups in total. The number of nitrogens with one attached hydrogen (secondary N) is 1. The molecule has 34 heavy (non-hydrogen) atoms. The lowest BCUT2D eigenvalue weighted by atomic mass is 10.0. The second kappa shape index (κ2) is 11.7. The van der Waals surface area contributed by atoms with E-state index in [1.807, 2.05) is 13.8 Å². The topological polar surface area (TPSA) is 102 Å². The average molecular weight is 503 g/mol. The summed E-state index contributed by atoms with van der Waals surface area (Å²) in [6.45, 7) is 4.28. The number of aromatic nitrogens is 1. The summed E-state index contributed by atoms with van der Waals surface area (Å²) in [4.78, 5) is 22.2. The quantitative estimate of drug-likeness (QED) is 0.332. The van der Waals surface area contributed by atoms with E-state index in [0.29, 0.717) is 32.8 Å². The van der Waals surface area contributed by atoms with Gasteiger partial charge in [-0.25, -0.2) is 0 Å². The Morgan fingerprint density at radius 3 is 2.44 bits per heavy atom. The molecule has 9 heteroatoms. The van der Waals surface area contributed by atoms with Gasteiger partial charge in [-0.1, -0.05) is 60.4 Å². The number of hydrogen-bond acceptors (Lipinski definition) is 5. The Bertz CT molecular complexity index is 1170. The summed E-state index contributed by atoms with van der Waals surface area (Å²) in [5, 5.41) is 16.3. The second-order valence-corrected chi connectivity index (χ2v) is 8.57. The molecular formula is C25H24Cl2N2O5. The molecule has 0 radical (unpaired) electrons. The van der Waals surface area contributed by atoms with Gasteiger partial charge in [0.05, 0.1) is 22.0 Å². The number of nitrogens with zero attached hydrogens (tertiary/aromatic N) is 1. The molecule has 0 fully saturated rings. The fourth-order valence-electron chi connectivity index (χ4n) is 3.19. The molecule has 0 atom stereocenters. The van der Waals surface area contributed by atoms with Crippen molar-refractivity contribution >= 4 is 41.2 Å². The van der Waals surface area contributed by atoms with Gasteiger partial charge < -0.3 is 19.7 Å². The van der Waals surface area contributed by atoms with Crippen LogP contribution < -0.4 is 10.1 Å². The molecule has 0 bridgehead atoms. The van der Waals surface area contributed by atoms with Crippen LogP contribution in [-0.4, -0.2) is 28.7 Å². The van der Waals surface area contributed by atoms with Crippen molar-refractivity contribution in [2.24, 2.45) is 0 Å². The van der Waals surface area contributed by atoms with Crippen molar-refractivity contribution in [1.82, 2.24) is 10.5 Å². The fourth-order valence-corrected chi connectivity index (χ4v) is 3.77. The molecule has 0 saturated heterocycles. The van der Waals surface area contributed by atoms with E-state index in [-0.39, 0.29) is 31.4 Å². The number of aliphatic carboxylic acids is 1. The lowest BCUT2D eigenvalue weighted by Gasteiger charge is -2.11. The minimum atomic E-state index is -0.964. The average Bonchev–Trinajstić information content (AvgIpc) is 3.20. The van der Waals surface area contributed by atoms with E-state index in [4.69, 9.17) is 37.6 Å². The Kier molecular flexibility index (Phi) is 8.73. The second-order valence-electron chi connectivity index (χ2n) is 7.75. The summed E-state index contributed by atoms with van der Waals surface area (Å²) in [5.74, 6) is 0.0691. The molecule has 1 amide bonds. The van der Waals surface area contributed by atoms with Crippen molar-refractivity contribution < 1.29 is 24.0 Å². The smallest absolute Gasteiger partial charge is 0.305 e. The molecular weight excluding hydrogens is 479 g/mol. The number of carbonyl (C=O) groups is 2. The Balaban J connectivity index is 1.70. The minimum Gasteiger partial charge on any atom is -0.489 e. The highest BCUT2D eigenvalue weighted by Gasteiger charge is 2.23. The third kappa shape index (κ3) is 6.62. The van der Waals surface area contributed by atoms with Crippen LogP contribution in [0, 0.1) is 0 Å². The SMILES string of the molecule is CC(C)c1onc(-c2c(Cl)cccc2Cl)c1COc1ccc(/C=C/C(=O)NCCC(=O)O)cc1. The number of rotatable bonds is 10. The maximum Gasteiger partial charge on any atom is 0.305 e. The Morgan fingerprint density at radius 2 is 1.82 bits per heavy atom. The van der Waals surface area contributed by atoms with Crippen LogP contribution in [0.25, 0.3) is 17.3 Å². The van der Waals surface area contributed by atoms with Gasteiger partial charge in [-0.15, -0.1) is 0 Å². The largest absolute Gasteiger partial charge is 0.489 e. The molecule has 0 aliphatic carbocycles. The van der Waals surface area contributed by atoms with Gasteiger partial charge >= 0.3 is 5.97 Å². The van der Waals surface area contributed by atoms with Crippen LogP contribution >= 0.6 is 23.2 Å². The van der Waals surface area contributed by atoms with Gasteiger partial charge in [0.15, 0.2) is 0 Å². The third-order valence-electron chi connectivity index (χ3n) is 4.87. The molecule has 0 saturated carbocycles. The zero-order valence-corrected chi connectivity index (χ0v) is 20.2. The van der Waals surface area contributed by atoms with Crippen molar-refractivity contribution in [2.75, 3.05) is 6.54 Å². The number of carboxylic acids is 1. The van der Waals surface area contributed by atoms with Crippen LogP contribution in [0.15, 0.2) is 53.1 Å². The first-order valence-corrected chi connectivity index (χ1v) is 11.3. The summed E-state index contributed by atoms with van der Waals surface area (Å²) in [7, 11) is 0. The summed E-state index contributed by atoms with van der Waals surface area (Å²) in [5.41, 5.74) is 2.71. The summed E-state index contributed by atoms with van der Waals surface area (Å²) in [6.07, 6.45) is 2.86. The first-order valence-electron chi connectivity index (χ1n) is 10.6. The van der Waals surface area contributed by atoms with E-state index in [9.17, 15) is 9.59 Å². The molecule has 0 aliphatic heterocycles. The molecule has 0 spiro atoms. The van der Waals surface area contributed by atoms with Gasteiger partial charge in [0.25, 0.3) is 0 Å². The molecule has 7 nitrogen and oxygen atoms in total. The van der Waals surface area contributed by atoms with E-state index in [0.717, 1.165) is 11.1 Å². The van der Waals surface area contributed by atoms with Gasteiger partial charge in [0.1, 0.15) is 23.8 Å². The number of amides is 1. The van der Waals surface area contributed by atoms with Crippen LogP contribution in [-0.2, 0) is 16.2 Å². The zero-order chi connectivity index (χ0) is 24.7. The van der Waals surface area contributed by atoms with Crippen molar-refractivity contribution in [3.8, 4) is 17.0 Å². The van der Waals surface area contributed by atoms with Crippen molar-refractivity contribution in [1.29, 1.82) is 0 Å². The Labute approximate surface area is 207 Å². The number of benzene rings is 2. The summed E-state index contributed by atoms with van der Waals surface area (Å²) >= 11 is 12.8. The summed E-state index contributed by atoms with van der Waals surface area (Å²) in [6, 6.07) is 12.4. The van der Waals surface area contributed by atoms with Crippen LogP contribution in [0.4, 0.5) is 0 Å². The highest BCUT2D eigenvalue weighted by molar-refractivity contribution is 6.39. The number of ether oxygens (including phenoxy) is 1. The van der Waals surface area contributed by atoms with Gasteiger partial charge in [-0.3, -0.25) is 9.59 Å². The first kappa shape index (κ1) is 25.3. The first-order chi connectivity index (χ1) is 16.3. The monoisotopic (exact) mass is 502 g/mol. The van der Waals surface area contributed by atoms with Crippen LogP contribution in [0.3, 0.4) is 0 Å². The minimum absolute atomic E-state index is 0.0773. The summed E-state index contributed by atoms with van der Waals surface area (Å²) < 4.78 is 11.6. The van der Waals surface area contributed by atoms with Crippen molar-refractivity contribution in [3.05, 3.63) is 75.5 Å². The molecule has 0 unspecified atom stereocenters. The Morgan fingerprint density at radius 1 is 1.15 bits per heavy atom. The molecule has 178 valence electrons. The van der Waals surface area contributed by atoms with Crippen molar-refractivity contribution in [3.63, 3.8) is 0 Å². The molecule has 1 aromatic heterocycles. The standard InChI is InChI=1S/C25H24Cl2N2O5/c1-15(2)25-18(24(29-34-25)23-19(26)4-3-5-20(23)27)14-33-17-9-6-16(7-10-17)8-11-21(30)28-13-12-22(31)32/h3-11,15H,12-14H2,1-2H3,(H,28,30)(H,31,32)/b11-8+. The highest BCUT2D eigenvalue weighted by Crippen LogP contribution is 2.38. The molecule has 1 heterocycles. The molecule has 3 aromatic rings. The van der Waals surface area contributed by atoms with Crippen LogP contribution in [0.1, 0.15) is 43.1 Å². The molecule has 3 rings (SSSR count). The fraction of sp³-hybridized carbons (Fsp3) is 0.240. The predicted octanol–water partition coefficient (Wildman–Crippen LogP) is 5.95. The van der Waals surface area contributed by atoms with Crippen molar-refractivity contribution in [2.45, 2.75) is 32.8 Å². The van der Waals surface area contributed by atoms with E-state index >= 15 is 0 Å². The van der Waals surface area contributed by atoms with Gasteiger partial charge in [-0.2, -0.15) is 0 Å². The lowest BCUT2D eigenvalue weighted by molar-refractivity contribution is -0.136. The normalized spacial score (nSPS) is 11.2. The number of halogens is 2. The van der Waals surface area contributed by atoms with E-state index < -0.39 is 5.97 Å². The third-order valence-corrected chi connectivity index (χ3v) is 5.50. The maximum atomic E-state index is 11.7. The van der Waals surface area contributed by atoms with Gasteiger partial charge in [0.2, 0.25) is 5.91 Å².